The van der Waals surface area contributed by atoms with E-state index in [1.54, 1.807) is 7.11 Å². The molecule has 1 atom stereocenters. The van der Waals surface area contributed by atoms with Gasteiger partial charge in [-0.15, -0.1) is 0 Å². The van der Waals surface area contributed by atoms with Crippen LogP contribution in [0.5, 0.6) is 0 Å². The number of nitrogens with zero attached hydrogens (tertiary/aromatic N) is 2. The molecule has 1 unspecified atom stereocenters. The maximum Gasteiger partial charge on any atom is 0.332 e. The Morgan fingerprint density at radius 2 is 1.92 bits per heavy atom. The van der Waals surface area contributed by atoms with Crippen molar-refractivity contribution in [3.63, 3.8) is 0 Å². The monoisotopic (exact) mass is 332 g/mol. The standard InChI is InChI=1S/C17H24N4O3/c1-12(9-10-24-3)19-14-15(18)21(17(23)20(2)16(14)22)11-13-7-5-4-6-8-13/h4-8,12,19H,9-11,18H2,1-3H3. The van der Waals surface area contributed by atoms with Crippen LogP contribution in [0.15, 0.2) is 39.9 Å². The molecule has 130 valence electrons. The fourth-order valence-corrected chi connectivity index (χ4v) is 2.45. The molecular weight excluding hydrogens is 308 g/mol. The number of nitrogens with two attached hydrogens (primary N) is 1. The average Bonchev–Trinajstić information content (AvgIpc) is 2.60. The molecule has 1 heterocycles. The number of hydrogen-bond acceptors (Lipinski definition) is 5. The Morgan fingerprint density at radius 3 is 2.54 bits per heavy atom. The molecule has 7 nitrogen and oxygen atoms in total. The molecule has 0 aliphatic rings. The summed E-state index contributed by atoms with van der Waals surface area (Å²) in [5, 5.41) is 3.11. The van der Waals surface area contributed by atoms with Crippen molar-refractivity contribution in [3.8, 4) is 0 Å². The molecule has 0 bridgehead atoms. The highest BCUT2D eigenvalue weighted by Crippen LogP contribution is 2.14. The Bertz CT molecular complexity index is 796. The lowest BCUT2D eigenvalue weighted by Gasteiger charge is -2.19. The van der Waals surface area contributed by atoms with Gasteiger partial charge in [0.15, 0.2) is 0 Å². The van der Waals surface area contributed by atoms with Gasteiger partial charge in [0.05, 0.1) is 6.54 Å². The third-order valence-electron chi connectivity index (χ3n) is 3.91. The van der Waals surface area contributed by atoms with E-state index in [0.717, 1.165) is 16.6 Å². The minimum atomic E-state index is -0.434. The molecule has 0 aliphatic heterocycles. The van der Waals surface area contributed by atoms with Crippen LogP contribution in [0.25, 0.3) is 0 Å². The fraction of sp³-hybridized carbons (Fsp3) is 0.412. The quantitative estimate of drug-likeness (QED) is 0.790. The lowest BCUT2D eigenvalue weighted by atomic mass is 10.2. The molecular formula is C17H24N4O3. The van der Waals surface area contributed by atoms with Crippen LogP contribution < -0.4 is 22.3 Å². The van der Waals surface area contributed by atoms with Gasteiger partial charge in [0.2, 0.25) is 0 Å². The minimum absolute atomic E-state index is 0.0115. The normalized spacial score (nSPS) is 12.1. The Balaban J connectivity index is 2.41. The van der Waals surface area contributed by atoms with Crippen LogP contribution in [0.1, 0.15) is 18.9 Å². The van der Waals surface area contributed by atoms with Crippen molar-refractivity contribution in [2.24, 2.45) is 7.05 Å². The Morgan fingerprint density at radius 1 is 1.25 bits per heavy atom. The number of anilines is 2. The van der Waals surface area contributed by atoms with E-state index in [9.17, 15) is 9.59 Å². The summed E-state index contributed by atoms with van der Waals surface area (Å²) in [5.74, 6) is 0.149. The van der Waals surface area contributed by atoms with Crippen molar-refractivity contribution >= 4 is 11.5 Å². The van der Waals surface area contributed by atoms with Gasteiger partial charge in [-0.3, -0.25) is 13.9 Å². The summed E-state index contributed by atoms with van der Waals surface area (Å²) in [6.07, 6.45) is 0.719. The first-order valence-corrected chi connectivity index (χ1v) is 7.84. The van der Waals surface area contributed by atoms with E-state index in [4.69, 9.17) is 10.5 Å². The molecule has 7 heteroatoms. The van der Waals surface area contributed by atoms with Crippen LogP contribution in [0.2, 0.25) is 0 Å². The van der Waals surface area contributed by atoms with Crippen molar-refractivity contribution in [3.05, 3.63) is 56.7 Å². The third-order valence-corrected chi connectivity index (χ3v) is 3.91. The summed E-state index contributed by atoms with van der Waals surface area (Å²) in [5.41, 5.74) is 6.46. The van der Waals surface area contributed by atoms with Crippen LogP contribution in [-0.4, -0.2) is 28.9 Å². The number of benzene rings is 1. The third kappa shape index (κ3) is 3.86. The molecule has 2 rings (SSSR count). The second-order valence-corrected chi connectivity index (χ2v) is 5.81. The smallest absolute Gasteiger partial charge is 0.332 e. The predicted octanol–water partition coefficient (Wildman–Crippen LogP) is 1.01. The van der Waals surface area contributed by atoms with E-state index in [1.807, 2.05) is 37.3 Å². The summed E-state index contributed by atoms with van der Waals surface area (Å²) in [6, 6.07) is 9.49. The molecule has 0 saturated carbocycles. The highest BCUT2D eigenvalue weighted by atomic mass is 16.5. The SMILES string of the molecule is COCCC(C)Nc1c(N)n(Cc2ccccc2)c(=O)n(C)c1=O. The highest BCUT2D eigenvalue weighted by molar-refractivity contribution is 5.61. The zero-order chi connectivity index (χ0) is 17.7. The highest BCUT2D eigenvalue weighted by Gasteiger charge is 2.17. The van der Waals surface area contributed by atoms with Crippen molar-refractivity contribution < 1.29 is 4.74 Å². The van der Waals surface area contributed by atoms with E-state index in [1.165, 1.54) is 11.6 Å². The molecule has 3 N–H and O–H groups in total. The topological polar surface area (TPSA) is 91.3 Å². The Kier molecular flexibility index (Phi) is 5.81. The Hall–Kier alpha value is -2.54. The molecule has 24 heavy (non-hydrogen) atoms. The van der Waals surface area contributed by atoms with E-state index in [-0.39, 0.29) is 17.5 Å². The molecule has 1 aromatic heterocycles. The molecule has 0 fully saturated rings. The molecule has 0 saturated heterocycles. The summed E-state index contributed by atoms with van der Waals surface area (Å²) < 4.78 is 7.53. The largest absolute Gasteiger partial charge is 0.385 e. The van der Waals surface area contributed by atoms with Crippen LogP contribution in [-0.2, 0) is 18.3 Å². The van der Waals surface area contributed by atoms with Gasteiger partial charge in [0, 0.05) is 26.8 Å². The van der Waals surface area contributed by atoms with Gasteiger partial charge in [-0.25, -0.2) is 4.79 Å². The molecule has 0 amide bonds. The first-order valence-electron chi connectivity index (χ1n) is 7.84. The first kappa shape index (κ1) is 17.8. The zero-order valence-electron chi connectivity index (χ0n) is 14.3. The number of rotatable bonds is 7. The van der Waals surface area contributed by atoms with Crippen molar-refractivity contribution in [1.82, 2.24) is 9.13 Å². The minimum Gasteiger partial charge on any atom is -0.385 e. The average molecular weight is 332 g/mol. The van der Waals surface area contributed by atoms with E-state index in [2.05, 4.69) is 5.32 Å². The summed E-state index contributed by atoms with van der Waals surface area (Å²) in [4.78, 5) is 24.8. The first-order chi connectivity index (χ1) is 11.5. The number of aromatic nitrogens is 2. The van der Waals surface area contributed by atoms with Gasteiger partial charge in [-0.2, -0.15) is 0 Å². The van der Waals surface area contributed by atoms with Gasteiger partial charge in [-0.1, -0.05) is 30.3 Å². The maximum absolute atomic E-state index is 12.4. The maximum atomic E-state index is 12.4. The summed E-state index contributed by atoms with van der Waals surface area (Å²) in [6.45, 7) is 2.81. The molecule has 2 aromatic rings. The molecule has 0 radical (unpaired) electrons. The van der Waals surface area contributed by atoms with Gasteiger partial charge < -0.3 is 15.8 Å². The van der Waals surface area contributed by atoms with Crippen LogP contribution in [0.4, 0.5) is 11.5 Å². The fourth-order valence-electron chi connectivity index (χ4n) is 2.45. The van der Waals surface area contributed by atoms with Gasteiger partial charge >= 0.3 is 5.69 Å². The van der Waals surface area contributed by atoms with Gasteiger partial charge in [0.25, 0.3) is 5.56 Å². The van der Waals surface area contributed by atoms with E-state index >= 15 is 0 Å². The predicted molar refractivity (Wildman–Crippen MR) is 95.5 cm³/mol. The second-order valence-electron chi connectivity index (χ2n) is 5.81. The zero-order valence-corrected chi connectivity index (χ0v) is 14.3. The lowest BCUT2D eigenvalue weighted by molar-refractivity contribution is 0.191. The number of hydrogen-bond donors (Lipinski definition) is 2. The van der Waals surface area contributed by atoms with Crippen molar-refractivity contribution in [2.75, 3.05) is 24.8 Å². The summed E-state index contributed by atoms with van der Waals surface area (Å²) >= 11 is 0. The Labute approximate surface area is 140 Å². The number of ether oxygens (including phenoxy) is 1. The number of nitrogen functional groups attached to an aromatic ring is 1. The lowest BCUT2D eigenvalue weighted by Crippen LogP contribution is -2.41. The number of methoxy groups -OCH3 is 1. The van der Waals surface area contributed by atoms with Crippen LogP contribution >= 0.6 is 0 Å². The number of nitrogens with one attached hydrogen (secondary N) is 1. The van der Waals surface area contributed by atoms with E-state index < -0.39 is 11.2 Å². The van der Waals surface area contributed by atoms with Crippen molar-refractivity contribution in [1.29, 1.82) is 0 Å². The van der Waals surface area contributed by atoms with Crippen molar-refractivity contribution in [2.45, 2.75) is 25.9 Å². The second kappa shape index (κ2) is 7.83. The summed E-state index contributed by atoms with van der Waals surface area (Å²) in [7, 11) is 3.08. The van der Waals surface area contributed by atoms with Gasteiger partial charge in [-0.05, 0) is 18.9 Å². The van der Waals surface area contributed by atoms with Crippen LogP contribution in [0, 0.1) is 0 Å². The molecule has 0 aliphatic carbocycles. The molecule has 0 spiro atoms. The molecule has 1 aromatic carbocycles. The van der Waals surface area contributed by atoms with Gasteiger partial charge in [0.1, 0.15) is 11.5 Å². The van der Waals surface area contributed by atoms with Crippen LogP contribution in [0.3, 0.4) is 0 Å². The van der Waals surface area contributed by atoms with E-state index in [0.29, 0.717) is 13.2 Å².